The quantitative estimate of drug-likeness (QED) is 0.0495. The zero-order chi connectivity index (χ0) is 42.6. The number of anilines is 4. The first-order valence-electron chi connectivity index (χ1n) is 17.4. The van der Waals surface area contributed by atoms with Gasteiger partial charge in [-0.05, 0) is 84.4 Å². The maximum absolute atomic E-state index is 13.1. The molecular formula is C42H37N5O12. The number of aromatic hydroxyl groups is 2. The summed E-state index contributed by atoms with van der Waals surface area (Å²) in [7, 11) is 3.76. The van der Waals surface area contributed by atoms with Gasteiger partial charge in [0.05, 0.1) is 44.8 Å². The van der Waals surface area contributed by atoms with Gasteiger partial charge >= 0.3 is 5.97 Å². The molecule has 0 spiro atoms. The van der Waals surface area contributed by atoms with Gasteiger partial charge in [0.2, 0.25) is 5.91 Å². The number of aromatic carboxylic acids is 1. The zero-order valence-electron chi connectivity index (χ0n) is 31.6. The molecule has 5 rings (SSSR count). The summed E-state index contributed by atoms with van der Waals surface area (Å²) < 4.78 is 15.5. The SMILES string of the molecule is CO/C(=C\c1ccccc1)C(=O)Nc1ccc(C(=O)NCC(=O)Nc2ccc(C(=O)Nc3ccc(C(=O)Nc4ccc(C(=O)O)c(O)c4OC)c(O)c3OC)cc2)cc1. The summed E-state index contributed by atoms with van der Waals surface area (Å²) in [5.74, 6) is -6.29. The smallest absolute Gasteiger partial charge is 0.339 e. The van der Waals surface area contributed by atoms with Gasteiger partial charge in [0.25, 0.3) is 23.6 Å². The summed E-state index contributed by atoms with van der Waals surface area (Å²) in [4.78, 5) is 75.5. The Hall–Kier alpha value is -8.34. The van der Waals surface area contributed by atoms with Crippen LogP contribution in [0.1, 0.15) is 47.0 Å². The summed E-state index contributed by atoms with van der Waals surface area (Å²) in [6, 6.07) is 25.8. The fraction of sp³-hybridized carbons (Fsp3) is 0.0952. The van der Waals surface area contributed by atoms with Gasteiger partial charge in [-0.15, -0.1) is 0 Å². The number of methoxy groups -OCH3 is 3. The number of hydrogen-bond donors (Lipinski definition) is 8. The van der Waals surface area contributed by atoms with Crippen molar-refractivity contribution in [3.05, 3.63) is 137 Å². The van der Waals surface area contributed by atoms with Gasteiger partial charge in [0.15, 0.2) is 28.8 Å². The molecule has 0 aromatic heterocycles. The molecule has 0 aliphatic rings. The van der Waals surface area contributed by atoms with Crippen LogP contribution >= 0.6 is 0 Å². The third kappa shape index (κ3) is 10.3. The highest BCUT2D eigenvalue weighted by Crippen LogP contribution is 2.40. The molecule has 59 heavy (non-hydrogen) atoms. The standard InChI is InChI=1S/C42H37N5O12/c1-57-32(21-23-7-5-4-6-8-23)41(54)45-27-15-9-24(10-16-27)38(51)43-22-33(48)44-26-13-11-25(12-14-26)39(52)46-30-19-17-28(34(49)36(30)58-2)40(53)47-31-20-18-29(42(55)56)35(50)37(31)59-3/h4-21,49-50H,22H2,1-3H3,(H,43,51)(H,44,48)(H,45,54)(H,46,52)(H,47,53)(H,55,56)/b32-21-. The van der Waals surface area contributed by atoms with Crippen molar-refractivity contribution in [3.63, 3.8) is 0 Å². The Labute approximate surface area is 336 Å². The lowest BCUT2D eigenvalue weighted by Gasteiger charge is -2.16. The molecule has 0 aliphatic heterocycles. The van der Waals surface area contributed by atoms with Crippen LogP contribution in [0.15, 0.2) is 109 Å². The molecule has 0 saturated heterocycles. The first-order valence-corrected chi connectivity index (χ1v) is 17.4. The molecule has 0 bridgehead atoms. The number of nitrogens with one attached hydrogen (secondary N) is 5. The summed E-state index contributed by atoms with van der Waals surface area (Å²) in [5, 5.41) is 43.2. The van der Waals surface area contributed by atoms with Gasteiger partial charge < -0.3 is 56.1 Å². The largest absolute Gasteiger partial charge is 0.504 e. The second-order valence-corrected chi connectivity index (χ2v) is 12.3. The monoisotopic (exact) mass is 803 g/mol. The number of carbonyl (C=O) groups is 6. The number of benzene rings is 5. The summed E-state index contributed by atoms with van der Waals surface area (Å²) in [5.41, 5.74) is 1.11. The Morgan fingerprint density at radius 2 is 1.08 bits per heavy atom. The van der Waals surface area contributed by atoms with E-state index in [0.29, 0.717) is 11.4 Å². The number of ether oxygens (including phenoxy) is 3. The van der Waals surface area contributed by atoms with E-state index >= 15 is 0 Å². The van der Waals surface area contributed by atoms with E-state index in [4.69, 9.17) is 14.2 Å². The van der Waals surface area contributed by atoms with E-state index in [2.05, 4.69) is 26.6 Å². The molecule has 302 valence electrons. The van der Waals surface area contributed by atoms with Gasteiger partial charge in [-0.1, -0.05) is 30.3 Å². The predicted molar refractivity (Wildman–Crippen MR) is 216 cm³/mol. The number of carboxylic acids is 1. The van der Waals surface area contributed by atoms with Crippen molar-refractivity contribution in [2.45, 2.75) is 0 Å². The van der Waals surface area contributed by atoms with E-state index in [1.165, 1.54) is 88.1 Å². The van der Waals surface area contributed by atoms with E-state index in [1.807, 2.05) is 30.3 Å². The van der Waals surface area contributed by atoms with Crippen LogP contribution in [0.2, 0.25) is 0 Å². The first kappa shape index (κ1) is 41.8. The molecule has 8 N–H and O–H groups in total. The van der Waals surface area contributed by atoms with Gasteiger partial charge in [-0.25, -0.2) is 4.79 Å². The number of carboxylic acid groups (broad SMARTS) is 1. The number of amides is 5. The van der Waals surface area contributed by atoms with Gasteiger partial charge in [0.1, 0.15) is 5.56 Å². The van der Waals surface area contributed by atoms with Crippen molar-refractivity contribution in [2.24, 2.45) is 0 Å². The van der Waals surface area contributed by atoms with Crippen LogP contribution in [0.3, 0.4) is 0 Å². The van der Waals surface area contributed by atoms with Crippen LogP contribution in [0.5, 0.6) is 23.0 Å². The fourth-order valence-electron chi connectivity index (χ4n) is 5.48. The number of rotatable bonds is 15. The maximum atomic E-state index is 13.1. The third-order valence-electron chi connectivity index (χ3n) is 8.43. The molecule has 5 aromatic carbocycles. The minimum absolute atomic E-state index is 0.0105. The lowest BCUT2D eigenvalue weighted by molar-refractivity contribution is -0.116. The van der Waals surface area contributed by atoms with Crippen LogP contribution in [0.25, 0.3) is 6.08 Å². The molecule has 0 atom stereocenters. The highest BCUT2D eigenvalue weighted by Gasteiger charge is 2.24. The van der Waals surface area contributed by atoms with Crippen molar-refractivity contribution in [2.75, 3.05) is 49.1 Å². The van der Waals surface area contributed by atoms with Gasteiger partial charge in [0, 0.05) is 22.5 Å². The zero-order valence-corrected chi connectivity index (χ0v) is 31.6. The highest BCUT2D eigenvalue weighted by atomic mass is 16.5. The molecule has 0 heterocycles. The van der Waals surface area contributed by atoms with E-state index in [-0.39, 0.29) is 51.9 Å². The van der Waals surface area contributed by atoms with Crippen molar-refractivity contribution >= 4 is 64.3 Å². The van der Waals surface area contributed by atoms with Crippen LogP contribution in [-0.2, 0) is 14.3 Å². The van der Waals surface area contributed by atoms with Crippen LogP contribution in [0.4, 0.5) is 22.7 Å². The Balaban J connectivity index is 1.13. The Bertz CT molecular complexity index is 2430. The van der Waals surface area contributed by atoms with Crippen molar-refractivity contribution in [1.29, 1.82) is 0 Å². The fourth-order valence-corrected chi connectivity index (χ4v) is 5.48. The molecular weight excluding hydrogens is 766 g/mol. The average Bonchev–Trinajstić information content (AvgIpc) is 3.22. The summed E-state index contributed by atoms with van der Waals surface area (Å²) in [6.45, 7) is -0.370. The number of carbonyl (C=O) groups excluding carboxylic acids is 5. The van der Waals surface area contributed by atoms with E-state index in [0.717, 1.165) is 11.6 Å². The van der Waals surface area contributed by atoms with Crippen molar-refractivity contribution in [3.8, 4) is 23.0 Å². The maximum Gasteiger partial charge on any atom is 0.339 e. The van der Waals surface area contributed by atoms with Crippen LogP contribution in [0, 0.1) is 0 Å². The number of phenols is 2. The highest BCUT2D eigenvalue weighted by molar-refractivity contribution is 6.10. The minimum atomic E-state index is -1.42. The third-order valence-corrected chi connectivity index (χ3v) is 8.43. The Morgan fingerprint density at radius 3 is 1.63 bits per heavy atom. The van der Waals surface area contributed by atoms with Crippen molar-refractivity contribution < 1.29 is 58.3 Å². The molecule has 17 heteroatoms. The Kier molecular flexibility index (Phi) is 13.5. The molecule has 5 aromatic rings. The molecule has 17 nitrogen and oxygen atoms in total. The lowest BCUT2D eigenvalue weighted by atomic mass is 10.1. The molecule has 0 unspecified atom stereocenters. The molecule has 0 fully saturated rings. The molecule has 0 aliphatic carbocycles. The first-order chi connectivity index (χ1) is 28.3. The van der Waals surface area contributed by atoms with Crippen molar-refractivity contribution in [1.82, 2.24) is 5.32 Å². The predicted octanol–water partition coefficient (Wildman–Crippen LogP) is 5.31. The normalized spacial score (nSPS) is 10.7. The molecule has 0 radical (unpaired) electrons. The summed E-state index contributed by atoms with van der Waals surface area (Å²) in [6.07, 6.45) is 1.59. The Morgan fingerprint density at radius 1 is 0.576 bits per heavy atom. The summed E-state index contributed by atoms with van der Waals surface area (Å²) >= 11 is 0. The van der Waals surface area contributed by atoms with Gasteiger partial charge in [-0.2, -0.15) is 0 Å². The molecule has 0 saturated carbocycles. The second kappa shape index (κ2) is 19.0. The topological polar surface area (TPSA) is 251 Å². The van der Waals surface area contributed by atoms with Crippen LogP contribution in [-0.4, -0.2) is 78.7 Å². The van der Waals surface area contributed by atoms with Gasteiger partial charge in [-0.3, -0.25) is 24.0 Å². The number of hydrogen-bond acceptors (Lipinski definition) is 11. The second-order valence-electron chi connectivity index (χ2n) is 12.3. The van der Waals surface area contributed by atoms with E-state index < -0.39 is 52.6 Å². The number of phenolic OH excluding ortho intramolecular Hbond substituents is 1. The molecule has 5 amide bonds. The average molecular weight is 804 g/mol. The minimum Gasteiger partial charge on any atom is -0.504 e. The van der Waals surface area contributed by atoms with E-state index in [1.54, 1.807) is 6.08 Å². The van der Waals surface area contributed by atoms with E-state index in [9.17, 15) is 44.1 Å². The van der Waals surface area contributed by atoms with Crippen LogP contribution < -0.4 is 36.1 Å². The lowest BCUT2D eigenvalue weighted by Crippen LogP contribution is -2.32.